The predicted octanol–water partition coefficient (Wildman–Crippen LogP) is 0.381. The zero-order valence-electron chi connectivity index (χ0n) is 12.8. The van der Waals surface area contributed by atoms with Gasteiger partial charge in [-0.3, -0.25) is 14.7 Å². The summed E-state index contributed by atoms with van der Waals surface area (Å²) >= 11 is 0. The number of rotatable bonds is 5. The molecule has 1 saturated heterocycles. The van der Waals surface area contributed by atoms with E-state index >= 15 is 0 Å². The van der Waals surface area contributed by atoms with Gasteiger partial charge in [0.15, 0.2) is 0 Å². The highest BCUT2D eigenvalue weighted by molar-refractivity contribution is 5.94. The number of carbonyl (C=O) groups is 1. The number of pyridine rings is 1. The number of carbonyl (C=O) groups excluding carboxylic acids is 1. The molecule has 0 bridgehead atoms. The van der Waals surface area contributed by atoms with Crippen molar-refractivity contribution < 1.29 is 9.53 Å². The molecular weight excluding hydrogens is 268 g/mol. The molecule has 21 heavy (non-hydrogen) atoms. The summed E-state index contributed by atoms with van der Waals surface area (Å²) < 4.78 is 5.37. The van der Waals surface area contributed by atoms with Gasteiger partial charge in [0.05, 0.1) is 18.9 Å². The minimum atomic E-state index is -0.0941. The molecule has 0 spiro atoms. The van der Waals surface area contributed by atoms with E-state index in [0.29, 0.717) is 18.7 Å². The Balaban J connectivity index is 1.93. The fourth-order valence-corrected chi connectivity index (χ4v) is 2.41. The maximum atomic E-state index is 12.2. The fourth-order valence-electron chi connectivity index (χ4n) is 2.41. The molecule has 0 saturated carbocycles. The first-order chi connectivity index (χ1) is 10.0. The van der Waals surface area contributed by atoms with E-state index in [2.05, 4.69) is 29.0 Å². The zero-order chi connectivity index (χ0) is 15.3. The molecule has 0 aliphatic carbocycles. The predicted molar refractivity (Wildman–Crippen MR) is 80.9 cm³/mol. The molecule has 1 aliphatic rings. The summed E-state index contributed by atoms with van der Waals surface area (Å²) in [7, 11) is 0. The van der Waals surface area contributed by atoms with E-state index in [1.165, 1.54) is 0 Å². The Kier molecular flexibility index (Phi) is 5.27. The smallest absolute Gasteiger partial charge is 0.251 e. The molecule has 0 aromatic carbocycles. The first-order valence-electron chi connectivity index (χ1n) is 7.29. The molecule has 1 amide bonds. The van der Waals surface area contributed by atoms with Crippen LogP contribution in [0.25, 0.3) is 0 Å². The lowest BCUT2D eigenvalue weighted by Crippen LogP contribution is -2.55. The minimum absolute atomic E-state index is 0.0894. The van der Waals surface area contributed by atoms with Crippen LogP contribution in [0.15, 0.2) is 18.3 Å². The van der Waals surface area contributed by atoms with E-state index in [-0.39, 0.29) is 11.4 Å². The summed E-state index contributed by atoms with van der Waals surface area (Å²) in [5.41, 5.74) is 6.77. The van der Waals surface area contributed by atoms with Gasteiger partial charge in [-0.2, -0.15) is 0 Å². The molecule has 6 nitrogen and oxygen atoms in total. The number of nitrogens with zero attached hydrogens (tertiary/aromatic N) is 2. The third-order valence-electron chi connectivity index (χ3n) is 3.84. The average molecular weight is 292 g/mol. The third kappa shape index (κ3) is 4.23. The van der Waals surface area contributed by atoms with Crippen molar-refractivity contribution in [3.63, 3.8) is 0 Å². The van der Waals surface area contributed by atoms with E-state index in [9.17, 15) is 4.79 Å². The van der Waals surface area contributed by atoms with Crippen LogP contribution >= 0.6 is 0 Å². The van der Waals surface area contributed by atoms with Gasteiger partial charge in [0, 0.05) is 43.5 Å². The van der Waals surface area contributed by atoms with E-state index in [1.54, 1.807) is 18.3 Å². The lowest BCUT2D eigenvalue weighted by Gasteiger charge is -2.40. The minimum Gasteiger partial charge on any atom is -0.379 e. The van der Waals surface area contributed by atoms with Gasteiger partial charge in [-0.15, -0.1) is 0 Å². The topological polar surface area (TPSA) is 80.5 Å². The number of hydrogen-bond acceptors (Lipinski definition) is 5. The second kappa shape index (κ2) is 6.98. The average Bonchev–Trinajstić information content (AvgIpc) is 2.53. The van der Waals surface area contributed by atoms with Crippen LogP contribution in [-0.2, 0) is 11.3 Å². The van der Waals surface area contributed by atoms with Gasteiger partial charge in [0.1, 0.15) is 0 Å². The van der Waals surface area contributed by atoms with Crippen LogP contribution in [0, 0.1) is 0 Å². The standard InChI is InChI=1S/C15H24N4O2/c1-15(2,19-5-7-21-8-6-19)11-18-14(20)12-3-4-17-13(9-12)10-16/h3-4,9H,5-8,10-11,16H2,1-2H3,(H,18,20). The Bertz CT molecular complexity index is 484. The molecule has 1 aliphatic heterocycles. The molecule has 0 atom stereocenters. The van der Waals surface area contributed by atoms with Crippen molar-refractivity contribution in [1.82, 2.24) is 15.2 Å². The molecule has 1 aromatic heterocycles. The van der Waals surface area contributed by atoms with Crippen molar-refractivity contribution in [3.05, 3.63) is 29.6 Å². The second-order valence-electron chi connectivity index (χ2n) is 5.83. The number of nitrogens with one attached hydrogen (secondary N) is 1. The SMILES string of the molecule is CC(C)(CNC(=O)c1ccnc(CN)c1)N1CCOCC1. The first kappa shape index (κ1) is 15.9. The molecule has 6 heteroatoms. The largest absolute Gasteiger partial charge is 0.379 e. The van der Waals surface area contributed by atoms with E-state index in [0.717, 1.165) is 32.0 Å². The summed E-state index contributed by atoms with van der Waals surface area (Å²) in [6.45, 7) is 8.49. The normalized spacial score (nSPS) is 16.7. The second-order valence-corrected chi connectivity index (χ2v) is 5.83. The third-order valence-corrected chi connectivity index (χ3v) is 3.84. The summed E-state index contributed by atoms with van der Waals surface area (Å²) in [6.07, 6.45) is 1.62. The molecular formula is C15H24N4O2. The molecule has 1 aromatic rings. The lowest BCUT2D eigenvalue weighted by molar-refractivity contribution is -0.00923. The Morgan fingerprint density at radius 1 is 1.48 bits per heavy atom. The van der Waals surface area contributed by atoms with Crippen LogP contribution < -0.4 is 11.1 Å². The van der Waals surface area contributed by atoms with Crippen molar-refractivity contribution in [2.45, 2.75) is 25.9 Å². The highest BCUT2D eigenvalue weighted by Gasteiger charge is 2.28. The molecule has 116 valence electrons. The van der Waals surface area contributed by atoms with Crippen LogP contribution in [0.2, 0.25) is 0 Å². The van der Waals surface area contributed by atoms with Gasteiger partial charge in [0.25, 0.3) is 5.91 Å². The Hall–Kier alpha value is -1.50. The molecule has 3 N–H and O–H groups in total. The highest BCUT2D eigenvalue weighted by atomic mass is 16.5. The number of aromatic nitrogens is 1. The number of hydrogen-bond donors (Lipinski definition) is 2. The molecule has 1 fully saturated rings. The Morgan fingerprint density at radius 2 is 2.19 bits per heavy atom. The molecule has 2 rings (SSSR count). The van der Waals surface area contributed by atoms with Crippen molar-refractivity contribution in [1.29, 1.82) is 0 Å². The quantitative estimate of drug-likeness (QED) is 0.820. The first-order valence-corrected chi connectivity index (χ1v) is 7.29. The van der Waals surface area contributed by atoms with Crippen molar-refractivity contribution in [3.8, 4) is 0 Å². The van der Waals surface area contributed by atoms with Crippen molar-refractivity contribution in [2.75, 3.05) is 32.8 Å². The van der Waals surface area contributed by atoms with Crippen molar-refractivity contribution in [2.24, 2.45) is 5.73 Å². The Labute approximate surface area is 125 Å². The van der Waals surface area contributed by atoms with Crippen LogP contribution in [0.4, 0.5) is 0 Å². The van der Waals surface area contributed by atoms with Gasteiger partial charge in [-0.25, -0.2) is 0 Å². The summed E-state index contributed by atoms with van der Waals surface area (Å²) in [6, 6.07) is 3.44. The van der Waals surface area contributed by atoms with Crippen LogP contribution in [0.1, 0.15) is 29.9 Å². The maximum absolute atomic E-state index is 12.2. The fraction of sp³-hybridized carbons (Fsp3) is 0.600. The maximum Gasteiger partial charge on any atom is 0.251 e. The number of ether oxygens (including phenoxy) is 1. The van der Waals surface area contributed by atoms with Gasteiger partial charge in [-0.05, 0) is 26.0 Å². The number of nitrogens with two attached hydrogens (primary N) is 1. The number of morpholine rings is 1. The van der Waals surface area contributed by atoms with Gasteiger partial charge < -0.3 is 15.8 Å². The van der Waals surface area contributed by atoms with E-state index in [4.69, 9.17) is 10.5 Å². The van der Waals surface area contributed by atoms with Crippen molar-refractivity contribution >= 4 is 5.91 Å². The highest BCUT2D eigenvalue weighted by Crippen LogP contribution is 2.15. The summed E-state index contributed by atoms with van der Waals surface area (Å²) in [5, 5.41) is 3.00. The monoisotopic (exact) mass is 292 g/mol. The van der Waals surface area contributed by atoms with E-state index < -0.39 is 0 Å². The Morgan fingerprint density at radius 3 is 2.86 bits per heavy atom. The van der Waals surface area contributed by atoms with Crippen LogP contribution in [0.5, 0.6) is 0 Å². The van der Waals surface area contributed by atoms with Crippen LogP contribution in [-0.4, -0.2) is 54.2 Å². The lowest BCUT2D eigenvalue weighted by atomic mass is 10.0. The summed E-state index contributed by atoms with van der Waals surface area (Å²) in [4.78, 5) is 18.7. The molecule has 0 radical (unpaired) electrons. The molecule has 2 heterocycles. The number of amides is 1. The summed E-state index contributed by atoms with van der Waals surface area (Å²) in [5.74, 6) is -0.0894. The molecule has 0 unspecified atom stereocenters. The van der Waals surface area contributed by atoms with Crippen LogP contribution in [0.3, 0.4) is 0 Å². The van der Waals surface area contributed by atoms with Gasteiger partial charge in [-0.1, -0.05) is 0 Å². The van der Waals surface area contributed by atoms with Gasteiger partial charge >= 0.3 is 0 Å². The zero-order valence-corrected chi connectivity index (χ0v) is 12.8. The van der Waals surface area contributed by atoms with E-state index in [1.807, 2.05) is 0 Å². The van der Waals surface area contributed by atoms with Gasteiger partial charge in [0.2, 0.25) is 0 Å².